The van der Waals surface area contributed by atoms with E-state index in [0.29, 0.717) is 31.1 Å². The molecule has 9 heteroatoms. The van der Waals surface area contributed by atoms with Gasteiger partial charge in [-0.1, -0.05) is 23.7 Å². The van der Waals surface area contributed by atoms with Crippen molar-refractivity contribution in [2.75, 3.05) is 19.6 Å². The van der Waals surface area contributed by atoms with Gasteiger partial charge in [-0.2, -0.15) is 9.29 Å². The van der Waals surface area contributed by atoms with E-state index in [1.165, 1.54) is 18.4 Å². The minimum Gasteiger partial charge on any atom is -0.348 e. The normalized spacial score (nSPS) is 18.3. The van der Waals surface area contributed by atoms with Gasteiger partial charge >= 0.3 is 11.8 Å². The summed E-state index contributed by atoms with van der Waals surface area (Å²) in [6.45, 7) is 3.77. The number of hydrogen-bond acceptors (Lipinski definition) is 6. The van der Waals surface area contributed by atoms with Crippen molar-refractivity contribution in [3.63, 3.8) is 0 Å². The number of amides is 1. The lowest BCUT2D eigenvalue weighted by molar-refractivity contribution is 0.0910. The van der Waals surface area contributed by atoms with Crippen LogP contribution in [0, 0.1) is 5.92 Å². The molecule has 0 bridgehead atoms. The number of aromatic nitrogens is 2. The summed E-state index contributed by atoms with van der Waals surface area (Å²) in [4.78, 5) is 16.7. The van der Waals surface area contributed by atoms with Crippen LogP contribution in [0.5, 0.6) is 0 Å². The first-order valence-electron chi connectivity index (χ1n) is 11.3. The molecule has 1 aliphatic heterocycles. The molecule has 1 aromatic heterocycles. The third-order valence-electron chi connectivity index (χ3n) is 6.23. The minimum atomic E-state index is -3.51. The van der Waals surface area contributed by atoms with Gasteiger partial charge in [0, 0.05) is 25.2 Å². The van der Waals surface area contributed by atoms with Crippen LogP contribution in [-0.4, -0.2) is 48.4 Å². The molecule has 1 N–H and O–H groups in total. The van der Waals surface area contributed by atoms with Crippen molar-refractivity contribution in [1.82, 2.24) is 19.8 Å². The average molecular weight is 459 g/mol. The summed E-state index contributed by atoms with van der Waals surface area (Å²) < 4.78 is 32.4. The van der Waals surface area contributed by atoms with E-state index in [2.05, 4.69) is 28.5 Å². The first-order valence-corrected chi connectivity index (χ1v) is 12.8. The van der Waals surface area contributed by atoms with Crippen molar-refractivity contribution in [2.45, 2.75) is 56.8 Å². The Bertz CT molecular complexity index is 1070. The molecule has 1 amide bonds. The Morgan fingerprint density at radius 3 is 2.62 bits per heavy atom. The van der Waals surface area contributed by atoms with Crippen molar-refractivity contribution < 1.29 is 17.7 Å². The van der Waals surface area contributed by atoms with Crippen molar-refractivity contribution in [3.05, 3.63) is 41.8 Å². The second kappa shape index (κ2) is 9.95. The molecule has 8 nitrogen and oxygen atoms in total. The largest absolute Gasteiger partial charge is 0.348 e. The van der Waals surface area contributed by atoms with Crippen molar-refractivity contribution in [3.8, 4) is 11.4 Å². The van der Waals surface area contributed by atoms with E-state index in [1.54, 1.807) is 28.6 Å². The SMILES string of the molecule is CC1CCN(S(=O)(=O)c2ccc(-c3noc(C(=O)NCCC4=CCCCC4)n3)cc2)CC1. The zero-order valence-corrected chi connectivity index (χ0v) is 19.2. The zero-order chi connectivity index (χ0) is 22.6. The standard InChI is InChI=1S/C23H30N4O4S/c1-17-12-15-27(16-13-17)32(29,30)20-9-7-19(8-10-20)21-25-23(31-26-21)22(28)24-14-11-18-5-3-2-4-6-18/h5,7-10,17H,2-4,6,11-16H2,1H3,(H,24,28). The number of nitrogens with one attached hydrogen (secondary N) is 1. The number of rotatable bonds is 7. The summed E-state index contributed by atoms with van der Waals surface area (Å²) in [5.41, 5.74) is 1.98. The Hall–Kier alpha value is -2.52. The van der Waals surface area contributed by atoms with Crippen molar-refractivity contribution in [1.29, 1.82) is 0 Å². The molecule has 1 aliphatic carbocycles. The predicted molar refractivity (Wildman–Crippen MR) is 120 cm³/mol. The molecular formula is C23H30N4O4S. The van der Waals surface area contributed by atoms with Gasteiger partial charge in [-0.15, -0.1) is 0 Å². The molecule has 0 saturated carbocycles. The summed E-state index contributed by atoms with van der Waals surface area (Å²) in [6.07, 6.45) is 9.52. The Labute approximate surface area is 189 Å². The molecule has 2 aliphatic rings. The highest BCUT2D eigenvalue weighted by Gasteiger charge is 2.28. The van der Waals surface area contributed by atoms with Gasteiger partial charge in [-0.25, -0.2) is 8.42 Å². The lowest BCUT2D eigenvalue weighted by atomic mass is 9.97. The van der Waals surface area contributed by atoms with E-state index in [9.17, 15) is 13.2 Å². The molecule has 0 spiro atoms. The number of piperidine rings is 1. The number of allylic oxidation sites excluding steroid dienone is 1. The van der Waals surface area contributed by atoms with Crippen LogP contribution in [0.15, 0.2) is 45.3 Å². The van der Waals surface area contributed by atoms with Gasteiger partial charge in [-0.3, -0.25) is 4.79 Å². The Morgan fingerprint density at radius 2 is 1.94 bits per heavy atom. The first kappa shape index (κ1) is 22.7. The Balaban J connectivity index is 1.36. The van der Waals surface area contributed by atoms with Gasteiger partial charge in [0.1, 0.15) is 0 Å². The van der Waals surface area contributed by atoms with E-state index in [0.717, 1.165) is 32.1 Å². The molecule has 1 aromatic carbocycles. The summed E-state index contributed by atoms with van der Waals surface area (Å²) in [5.74, 6) is 0.300. The quantitative estimate of drug-likeness (QED) is 0.633. The fourth-order valence-corrected chi connectivity index (χ4v) is 5.60. The van der Waals surface area contributed by atoms with Crippen LogP contribution >= 0.6 is 0 Å². The lowest BCUT2D eigenvalue weighted by Crippen LogP contribution is -2.37. The van der Waals surface area contributed by atoms with Crippen LogP contribution in [0.2, 0.25) is 0 Å². The summed E-state index contributed by atoms with van der Waals surface area (Å²) in [7, 11) is -3.51. The summed E-state index contributed by atoms with van der Waals surface area (Å²) in [5, 5.41) is 6.70. The lowest BCUT2D eigenvalue weighted by Gasteiger charge is -2.29. The molecule has 4 rings (SSSR count). The molecule has 32 heavy (non-hydrogen) atoms. The van der Waals surface area contributed by atoms with Crippen molar-refractivity contribution in [2.24, 2.45) is 5.92 Å². The van der Waals surface area contributed by atoms with Crippen molar-refractivity contribution >= 4 is 15.9 Å². The number of hydrogen-bond donors (Lipinski definition) is 1. The average Bonchev–Trinajstić information content (AvgIpc) is 3.31. The van der Waals surface area contributed by atoms with Crippen LogP contribution in [0.25, 0.3) is 11.4 Å². The second-order valence-electron chi connectivity index (χ2n) is 8.65. The highest BCUT2D eigenvalue weighted by Crippen LogP contribution is 2.25. The molecule has 0 radical (unpaired) electrons. The van der Waals surface area contributed by atoms with E-state index < -0.39 is 15.9 Å². The molecule has 2 aromatic rings. The van der Waals surface area contributed by atoms with Crippen LogP contribution in [0.4, 0.5) is 0 Å². The number of carbonyl (C=O) groups excluding carboxylic acids is 1. The van der Waals surface area contributed by atoms with Gasteiger partial charge in [0.2, 0.25) is 15.8 Å². The van der Waals surface area contributed by atoms with Gasteiger partial charge in [0.15, 0.2) is 0 Å². The van der Waals surface area contributed by atoms with Gasteiger partial charge < -0.3 is 9.84 Å². The highest BCUT2D eigenvalue weighted by atomic mass is 32.2. The zero-order valence-electron chi connectivity index (χ0n) is 18.4. The van der Waals surface area contributed by atoms with Crippen LogP contribution in [-0.2, 0) is 10.0 Å². The van der Waals surface area contributed by atoms with E-state index in [-0.39, 0.29) is 16.6 Å². The minimum absolute atomic E-state index is 0.100. The molecule has 0 unspecified atom stereocenters. The predicted octanol–water partition coefficient (Wildman–Crippen LogP) is 3.78. The van der Waals surface area contributed by atoms with Gasteiger partial charge in [-0.05, 0) is 75.1 Å². The van der Waals surface area contributed by atoms with E-state index in [4.69, 9.17) is 4.52 Å². The highest BCUT2D eigenvalue weighted by molar-refractivity contribution is 7.89. The van der Waals surface area contributed by atoms with E-state index >= 15 is 0 Å². The molecule has 1 fully saturated rings. The molecular weight excluding hydrogens is 428 g/mol. The molecule has 1 saturated heterocycles. The number of sulfonamides is 1. The van der Waals surface area contributed by atoms with Gasteiger partial charge in [0.25, 0.3) is 0 Å². The van der Waals surface area contributed by atoms with Gasteiger partial charge in [0.05, 0.1) is 4.90 Å². The summed E-state index contributed by atoms with van der Waals surface area (Å²) in [6, 6.07) is 6.39. The monoisotopic (exact) mass is 458 g/mol. The maximum Gasteiger partial charge on any atom is 0.316 e. The second-order valence-corrected chi connectivity index (χ2v) is 10.6. The third kappa shape index (κ3) is 5.27. The molecule has 172 valence electrons. The van der Waals surface area contributed by atoms with Crippen LogP contribution in [0.3, 0.4) is 0 Å². The molecule has 2 heterocycles. The van der Waals surface area contributed by atoms with E-state index in [1.807, 2.05) is 0 Å². The fraction of sp³-hybridized carbons (Fsp3) is 0.522. The number of benzene rings is 1. The Morgan fingerprint density at radius 1 is 1.19 bits per heavy atom. The van der Waals surface area contributed by atoms with Crippen LogP contribution in [0.1, 0.15) is 62.6 Å². The Kier molecular flexibility index (Phi) is 7.05. The third-order valence-corrected chi connectivity index (χ3v) is 8.14. The smallest absolute Gasteiger partial charge is 0.316 e. The number of nitrogens with zero attached hydrogens (tertiary/aromatic N) is 3. The molecule has 0 atom stereocenters. The maximum absolute atomic E-state index is 12.9. The topological polar surface area (TPSA) is 105 Å². The first-order chi connectivity index (χ1) is 15.4. The maximum atomic E-state index is 12.9. The van der Waals surface area contributed by atoms with Crippen LogP contribution < -0.4 is 5.32 Å². The fourth-order valence-electron chi connectivity index (χ4n) is 4.13. The summed E-state index contributed by atoms with van der Waals surface area (Å²) >= 11 is 0. The number of carbonyl (C=O) groups is 1.